The Kier molecular flexibility index (Phi) is 4.51. The number of fused-ring (bicyclic) bond motifs is 3. The first-order valence-corrected chi connectivity index (χ1v) is 8.67. The molecule has 0 fully saturated rings. The second-order valence-corrected chi connectivity index (χ2v) is 6.29. The third-order valence-electron chi connectivity index (χ3n) is 4.80. The zero-order chi connectivity index (χ0) is 15.5. The maximum Gasteiger partial charge on any atom is 0.253 e. The molecule has 118 valence electrons. The van der Waals surface area contributed by atoms with Gasteiger partial charge in [-0.3, -0.25) is 4.79 Å². The van der Waals surface area contributed by atoms with Crippen molar-refractivity contribution in [2.45, 2.75) is 52.4 Å². The number of unbranched alkanes of at least 4 members (excludes halogenated alkanes) is 1. The monoisotopic (exact) mass is 298 g/mol. The van der Waals surface area contributed by atoms with Crippen LogP contribution in [0.25, 0.3) is 10.9 Å². The van der Waals surface area contributed by atoms with Crippen LogP contribution in [0.1, 0.15) is 61.1 Å². The molecule has 1 N–H and O–H groups in total. The van der Waals surface area contributed by atoms with Crippen LogP contribution in [0.4, 0.5) is 0 Å². The van der Waals surface area contributed by atoms with Gasteiger partial charge in [0.2, 0.25) is 0 Å². The number of carbonyl (C=O) groups is 1. The molecular weight excluding hydrogens is 272 g/mol. The van der Waals surface area contributed by atoms with Crippen molar-refractivity contribution in [3.05, 3.63) is 35.0 Å². The Morgan fingerprint density at radius 3 is 2.82 bits per heavy atom. The van der Waals surface area contributed by atoms with E-state index in [0.29, 0.717) is 0 Å². The van der Waals surface area contributed by atoms with E-state index in [9.17, 15) is 4.79 Å². The molecule has 1 aromatic heterocycles. The van der Waals surface area contributed by atoms with E-state index >= 15 is 0 Å². The predicted octanol–water partition coefficient (Wildman–Crippen LogP) is 4.31. The van der Waals surface area contributed by atoms with Gasteiger partial charge in [-0.15, -0.1) is 0 Å². The first-order valence-electron chi connectivity index (χ1n) is 8.67. The first kappa shape index (κ1) is 15.1. The number of aromatic nitrogens is 1. The predicted molar refractivity (Wildman–Crippen MR) is 91.4 cm³/mol. The summed E-state index contributed by atoms with van der Waals surface area (Å²) in [6, 6.07) is 6.16. The molecule has 1 aliphatic carbocycles. The second-order valence-electron chi connectivity index (χ2n) is 6.29. The van der Waals surface area contributed by atoms with Crippen LogP contribution in [0.15, 0.2) is 18.2 Å². The third kappa shape index (κ3) is 2.77. The van der Waals surface area contributed by atoms with Crippen LogP contribution in [0.3, 0.4) is 0 Å². The van der Waals surface area contributed by atoms with Crippen molar-refractivity contribution in [3.8, 4) is 0 Å². The van der Waals surface area contributed by atoms with Crippen LogP contribution in [0.5, 0.6) is 0 Å². The molecule has 0 bridgehead atoms. The van der Waals surface area contributed by atoms with Crippen molar-refractivity contribution in [1.82, 2.24) is 9.88 Å². The van der Waals surface area contributed by atoms with E-state index in [1.54, 1.807) is 0 Å². The van der Waals surface area contributed by atoms with Gasteiger partial charge < -0.3 is 9.88 Å². The Balaban J connectivity index is 1.92. The number of nitrogens with one attached hydrogen (secondary N) is 1. The Labute approximate surface area is 132 Å². The lowest BCUT2D eigenvalue weighted by molar-refractivity contribution is 0.0762. The summed E-state index contributed by atoms with van der Waals surface area (Å²) >= 11 is 0. The van der Waals surface area contributed by atoms with Gasteiger partial charge in [-0.25, -0.2) is 0 Å². The van der Waals surface area contributed by atoms with Crippen molar-refractivity contribution >= 4 is 16.8 Å². The quantitative estimate of drug-likeness (QED) is 0.877. The molecule has 0 atom stereocenters. The minimum atomic E-state index is 0.170. The molecule has 0 saturated heterocycles. The van der Waals surface area contributed by atoms with E-state index in [2.05, 4.69) is 31.0 Å². The SMILES string of the molecule is CCCCN(CC)C(=O)c1ccc2[nH]c3c(c2c1)CCCC3. The average molecular weight is 298 g/mol. The molecular formula is C19H26N2O. The molecule has 0 radical (unpaired) electrons. The van der Waals surface area contributed by atoms with Crippen LogP contribution in [-0.4, -0.2) is 28.9 Å². The number of carbonyl (C=O) groups excluding carboxylic acids is 1. The Bertz CT molecular complexity index is 671. The molecule has 1 heterocycles. The van der Waals surface area contributed by atoms with Gasteiger partial charge in [0.15, 0.2) is 0 Å². The smallest absolute Gasteiger partial charge is 0.253 e. The minimum absolute atomic E-state index is 0.170. The maximum atomic E-state index is 12.7. The van der Waals surface area contributed by atoms with Gasteiger partial charge in [0.1, 0.15) is 0 Å². The highest BCUT2D eigenvalue weighted by Crippen LogP contribution is 2.30. The number of aromatic amines is 1. The molecule has 1 amide bonds. The van der Waals surface area contributed by atoms with E-state index in [-0.39, 0.29) is 5.91 Å². The number of hydrogen-bond acceptors (Lipinski definition) is 1. The highest BCUT2D eigenvalue weighted by atomic mass is 16.2. The highest BCUT2D eigenvalue weighted by molar-refractivity contribution is 5.99. The number of H-pyrrole nitrogens is 1. The summed E-state index contributed by atoms with van der Waals surface area (Å²) in [5.74, 6) is 0.170. The normalized spacial score (nSPS) is 14.1. The summed E-state index contributed by atoms with van der Waals surface area (Å²) < 4.78 is 0. The van der Waals surface area contributed by atoms with Crippen molar-refractivity contribution in [3.63, 3.8) is 0 Å². The van der Waals surface area contributed by atoms with Crippen molar-refractivity contribution < 1.29 is 4.79 Å². The van der Waals surface area contributed by atoms with Gasteiger partial charge in [0.25, 0.3) is 5.91 Å². The molecule has 1 aromatic carbocycles. The average Bonchev–Trinajstić information content (AvgIpc) is 2.93. The molecule has 0 unspecified atom stereocenters. The van der Waals surface area contributed by atoms with E-state index in [4.69, 9.17) is 0 Å². The number of amides is 1. The summed E-state index contributed by atoms with van der Waals surface area (Å²) in [6.45, 7) is 5.86. The summed E-state index contributed by atoms with van der Waals surface area (Å²) in [4.78, 5) is 18.2. The summed E-state index contributed by atoms with van der Waals surface area (Å²) in [6.07, 6.45) is 7.00. The molecule has 3 heteroatoms. The van der Waals surface area contributed by atoms with E-state index in [0.717, 1.165) is 44.3 Å². The number of aryl methyl sites for hydroxylation is 2. The van der Waals surface area contributed by atoms with Crippen LogP contribution in [0, 0.1) is 0 Å². The minimum Gasteiger partial charge on any atom is -0.358 e. The first-order chi connectivity index (χ1) is 10.7. The van der Waals surface area contributed by atoms with Gasteiger partial charge in [0.05, 0.1) is 0 Å². The van der Waals surface area contributed by atoms with Gasteiger partial charge in [-0.05, 0) is 62.8 Å². The number of benzene rings is 1. The van der Waals surface area contributed by atoms with Crippen molar-refractivity contribution in [2.24, 2.45) is 0 Å². The zero-order valence-electron chi connectivity index (χ0n) is 13.7. The van der Waals surface area contributed by atoms with E-state index in [1.807, 2.05) is 11.0 Å². The van der Waals surface area contributed by atoms with E-state index < -0.39 is 0 Å². The molecule has 0 aliphatic heterocycles. The molecule has 2 aromatic rings. The van der Waals surface area contributed by atoms with Gasteiger partial charge in [-0.1, -0.05) is 13.3 Å². The molecule has 1 aliphatic rings. The standard InChI is InChI=1S/C19H26N2O/c1-3-5-12-21(4-2)19(22)14-10-11-18-16(13-14)15-8-6-7-9-17(15)20-18/h10-11,13,20H,3-9,12H2,1-2H3. The molecule has 0 saturated carbocycles. The van der Waals surface area contributed by atoms with Gasteiger partial charge >= 0.3 is 0 Å². The second kappa shape index (κ2) is 6.55. The Morgan fingerprint density at radius 2 is 2.05 bits per heavy atom. The third-order valence-corrected chi connectivity index (χ3v) is 4.80. The molecule has 3 rings (SSSR count). The molecule has 3 nitrogen and oxygen atoms in total. The van der Waals surface area contributed by atoms with Gasteiger partial charge in [0, 0.05) is 35.2 Å². The topological polar surface area (TPSA) is 36.1 Å². The maximum absolute atomic E-state index is 12.7. The highest BCUT2D eigenvalue weighted by Gasteiger charge is 2.18. The molecule has 22 heavy (non-hydrogen) atoms. The summed E-state index contributed by atoms with van der Waals surface area (Å²) in [7, 11) is 0. The van der Waals surface area contributed by atoms with Crippen LogP contribution < -0.4 is 0 Å². The number of rotatable bonds is 5. The van der Waals surface area contributed by atoms with Crippen LogP contribution >= 0.6 is 0 Å². The van der Waals surface area contributed by atoms with Crippen molar-refractivity contribution in [2.75, 3.05) is 13.1 Å². The fraction of sp³-hybridized carbons (Fsp3) is 0.526. The lowest BCUT2D eigenvalue weighted by atomic mass is 9.95. The number of hydrogen-bond donors (Lipinski definition) is 1. The largest absolute Gasteiger partial charge is 0.358 e. The lowest BCUT2D eigenvalue weighted by Crippen LogP contribution is -2.31. The Morgan fingerprint density at radius 1 is 1.23 bits per heavy atom. The van der Waals surface area contributed by atoms with Gasteiger partial charge in [-0.2, -0.15) is 0 Å². The number of nitrogens with zero attached hydrogens (tertiary/aromatic N) is 1. The van der Waals surface area contributed by atoms with Crippen LogP contribution in [0.2, 0.25) is 0 Å². The Hall–Kier alpha value is -1.77. The zero-order valence-corrected chi connectivity index (χ0v) is 13.7. The van der Waals surface area contributed by atoms with E-state index in [1.165, 1.54) is 35.0 Å². The lowest BCUT2D eigenvalue weighted by Gasteiger charge is -2.20. The molecule has 0 spiro atoms. The van der Waals surface area contributed by atoms with Crippen LogP contribution in [-0.2, 0) is 12.8 Å². The fourth-order valence-corrected chi connectivity index (χ4v) is 3.47. The summed E-state index contributed by atoms with van der Waals surface area (Å²) in [5.41, 5.74) is 4.83. The van der Waals surface area contributed by atoms with Crippen molar-refractivity contribution in [1.29, 1.82) is 0 Å². The fourth-order valence-electron chi connectivity index (χ4n) is 3.47. The summed E-state index contributed by atoms with van der Waals surface area (Å²) in [5, 5.41) is 1.26.